The Hall–Kier alpha value is -2.21. The average molecular weight is 388 g/mol. The summed E-state index contributed by atoms with van der Waals surface area (Å²) in [6, 6.07) is 4.14. The molecule has 0 aromatic heterocycles. The first-order chi connectivity index (χ1) is 13.6. The van der Waals surface area contributed by atoms with Gasteiger partial charge in [0.1, 0.15) is 0 Å². The third-order valence-electron chi connectivity index (χ3n) is 5.65. The molecule has 1 aromatic rings. The summed E-state index contributed by atoms with van der Waals surface area (Å²) < 4.78 is 16.7. The fourth-order valence-corrected chi connectivity index (χ4v) is 4.18. The van der Waals surface area contributed by atoms with Gasteiger partial charge in [-0.25, -0.2) is 4.99 Å². The first-order valence-electron chi connectivity index (χ1n) is 10.1. The van der Waals surface area contributed by atoms with Crippen LogP contribution in [0.4, 0.5) is 0 Å². The Morgan fingerprint density at radius 2 is 2.21 bits per heavy atom. The van der Waals surface area contributed by atoms with Gasteiger partial charge >= 0.3 is 0 Å². The van der Waals surface area contributed by atoms with Gasteiger partial charge in [0.15, 0.2) is 17.5 Å². The highest BCUT2D eigenvalue weighted by molar-refractivity contribution is 5.80. The van der Waals surface area contributed by atoms with Gasteiger partial charge in [0, 0.05) is 37.2 Å². The van der Waals surface area contributed by atoms with Crippen molar-refractivity contribution >= 4 is 5.96 Å². The summed E-state index contributed by atoms with van der Waals surface area (Å²) >= 11 is 0. The van der Waals surface area contributed by atoms with Crippen molar-refractivity contribution in [3.8, 4) is 11.5 Å². The number of aliphatic imine (C=N–C) groups is 1. The van der Waals surface area contributed by atoms with Crippen LogP contribution in [-0.4, -0.2) is 57.9 Å². The number of nitrogens with one attached hydrogen (secondary N) is 1. The van der Waals surface area contributed by atoms with Gasteiger partial charge in [-0.1, -0.05) is 6.08 Å². The second kappa shape index (κ2) is 9.32. The highest BCUT2D eigenvalue weighted by Crippen LogP contribution is 2.38. The molecular weight excluding hydrogens is 354 g/mol. The molecule has 0 saturated carbocycles. The zero-order valence-corrected chi connectivity index (χ0v) is 17.4. The summed E-state index contributed by atoms with van der Waals surface area (Å²) in [6.07, 6.45) is 4.94. The number of likely N-dealkylation sites (tertiary alicyclic amines) is 1. The van der Waals surface area contributed by atoms with E-state index in [-0.39, 0.29) is 0 Å². The molecule has 2 aliphatic rings. The van der Waals surface area contributed by atoms with Crippen molar-refractivity contribution in [2.45, 2.75) is 32.7 Å². The van der Waals surface area contributed by atoms with Gasteiger partial charge in [0.2, 0.25) is 0 Å². The van der Waals surface area contributed by atoms with Gasteiger partial charge in [0.05, 0.1) is 27.4 Å². The zero-order chi connectivity index (χ0) is 20.0. The number of hydrogen-bond donors (Lipinski definition) is 1. The SMILES string of the molecule is C=CCc1cc(CN=C(NCC)N2CCC3(CCOC3)C2)cc(OC)c1OC. The summed E-state index contributed by atoms with van der Waals surface area (Å²) in [7, 11) is 3.33. The van der Waals surface area contributed by atoms with Crippen LogP contribution >= 0.6 is 0 Å². The topological polar surface area (TPSA) is 55.3 Å². The smallest absolute Gasteiger partial charge is 0.194 e. The lowest BCUT2D eigenvalue weighted by Gasteiger charge is -2.25. The maximum Gasteiger partial charge on any atom is 0.194 e. The summed E-state index contributed by atoms with van der Waals surface area (Å²) in [5.41, 5.74) is 2.48. The van der Waals surface area contributed by atoms with Crippen LogP contribution in [0.1, 0.15) is 30.9 Å². The number of hydrogen-bond acceptors (Lipinski definition) is 4. The Kier molecular flexibility index (Phi) is 6.83. The van der Waals surface area contributed by atoms with E-state index in [2.05, 4.69) is 29.8 Å². The predicted molar refractivity (Wildman–Crippen MR) is 112 cm³/mol. The molecule has 28 heavy (non-hydrogen) atoms. The third kappa shape index (κ3) is 4.43. The Bertz CT molecular complexity index is 711. The molecule has 1 spiro atoms. The van der Waals surface area contributed by atoms with Crippen molar-refractivity contribution in [2.75, 3.05) is 47.1 Å². The molecule has 2 saturated heterocycles. The van der Waals surface area contributed by atoms with E-state index in [1.165, 1.54) is 6.42 Å². The van der Waals surface area contributed by atoms with Crippen LogP contribution in [0.2, 0.25) is 0 Å². The van der Waals surface area contributed by atoms with E-state index in [1.807, 2.05) is 12.1 Å². The Morgan fingerprint density at radius 1 is 1.36 bits per heavy atom. The van der Waals surface area contributed by atoms with E-state index in [0.717, 1.165) is 74.3 Å². The standard InChI is InChI=1S/C22H33N3O3/c1-5-7-18-12-17(13-19(26-3)20(18)27-4)14-24-21(23-6-2)25-10-8-22(15-25)9-11-28-16-22/h5,12-13H,1,6-11,14-16H2,2-4H3,(H,23,24). The first kappa shape index (κ1) is 20.5. The van der Waals surface area contributed by atoms with Crippen molar-refractivity contribution in [2.24, 2.45) is 10.4 Å². The minimum absolute atomic E-state index is 0.316. The quantitative estimate of drug-likeness (QED) is 0.443. The van der Waals surface area contributed by atoms with Crippen LogP contribution in [0.3, 0.4) is 0 Å². The monoisotopic (exact) mass is 387 g/mol. The Labute approximate surface area is 168 Å². The molecule has 3 rings (SSSR count). The largest absolute Gasteiger partial charge is 0.493 e. The summed E-state index contributed by atoms with van der Waals surface area (Å²) in [4.78, 5) is 7.30. The lowest BCUT2D eigenvalue weighted by Crippen LogP contribution is -2.41. The molecule has 2 heterocycles. The van der Waals surface area contributed by atoms with Crippen molar-refractivity contribution < 1.29 is 14.2 Å². The normalized spacial score (nSPS) is 22.0. The summed E-state index contributed by atoms with van der Waals surface area (Å²) in [5.74, 6) is 2.48. The molecule has 0 radical (unpaired) electrons. The van der Waals surface area contributed by atoms with E-state index in [9.17, 15) is 0 Å². The lowest BCUT2D eigenvalue weighted by atomic mass is 9.87. The molecule has 1 atom stereocenters. The highest BCUT2D eigenvalue weighted by atomic mass is 16.5. The molecule has 0 amide bonds. The predicted octanol–water partition coefficient (Wildman–Crippen LogP) is 3.01. The number of methoxy groups -OCH3 is 2. The maximum absolute atomic E-state index is 5.66. The van der Waals surface area contributed by atoms with Crippen LogP contribution in [0.25, 0.3) is 0 Å². The molecule has 1 aromatic carbocycles. The minimum Gasteiger partial charge on any atom is -0.493 e. The van der Waals surface area contributed by atoms with Gasteiger partial charge < -0.3 is 24.4 Å². The van der Waals surface area contributed by atoms with E-state index in [4.69, 9.17) is 19.2 Å². The lowest BCUT2D eigenvalue weighted by molar-refractivity contribution is 0.156. The van der Waals surface area contributed by atoms with Crippen LogP contribution < -0.4 is 14.8 Å². The second-order valence-electron chi connectivity index (χ2n) is 7.63. The van der Waals surface area contributed by atoms with Gasteiger partial charge in [-0.3, -0.25) is 0 Å². The van der Waals surface area contributed by atoms with E-state index in [1.54, 1.807) is 14.2 Å². The number of ether oxygens (including phenoxy) is 3. The van der Waals surface area contributed by atoms with E-state index >= 15 is 0 Å². The molecular formula is C22H33N3O3. The summed E-state index contributed by atoms with van der Waals surface area (Å²) in [5, 5.41) is 3.46. The van der Waals surface area contributed by atoms with E-state index < -0.39 is 0 Å². The molecule has 1 unspecified atom stereocenters. The molecule has 0 bridgehead atoms. The summed E-state index contributed by atoms with van der Waals surface area (Å²) in [6.45, 7) is 11.2. The van der Waals surface area contributed by atoms with Crippen molar-refractivity contribution in [1.82, 2.24) is 10.2 Å². The van der Waals surface area contributed by atoms with Gasteiger partial charge in [-0.15, -0.1) is 6.58 Å². The number of nitrogens with zero attached hydrogens (tertiary/aromatic N) is 2. The number of allylic oxidation sites excluding steroid dienone is 1. The number of guanidine groups is 1. The van der Waals surface area contributed by atoms with Crippen molar-refractivity contribution in [3.05, 3.63) is 35.9 Å². The Morgan fingerprint density at radius 3 is 2.86 bits per heavy atom. The van der Waals surface area contributed by atoms with Crippen LogP contribution in [0, 0.1) is 5.41 Å². The van der Waals surface area contributed by atoms with Crippen LogP contribution in [0.5, 0.6) is 11.5 Å². The van der Waals surface area contributed by atoms with Crippen LogP contribution in [0.15, 0.2) is 29.8 Å². The first-order valence-corrected chi connectivity index (χ1v) is 10.1. The molecule has 1 N–H and O–H groups in total. The molecule has 0 aliphatic carbocycles. The van der Waals surface area contributed by atoms with Gasteiger partial charge in [-0.05, 0) is 43.9 Å². The number of benzene rings is 1. The molecule has 6 heteroatoms. The van der Waals surface area contributed by atoms with Crippen LogP contribution in [-0.2, 0) is 17.7 Å². The Balaban J connectivity index is 1.79. The second-order valence-corrected chi connectivity index (χ2v) is 7.63. The fraction of sp³-hybridized carbons (Fsp3) is 0.591. The molecule has 6 nitrogen and oxygen atoms in total. The molecule has 2 fully saturated rings. The van der Waals surface area contributed by atoms with Crippen molar-refractivity contribution in [3.63, 3.8) is 0 Å². The average Bonchev–Trinajstić information content (AvgIpc) is 3.34. The van der Waals surface area contributed by atoms with Crippen molar-refractivity contribution in [1.29, 1.82) is 0 Å². The maximum atomic E-state index is 5.66. The van der Waals surface area contributed by atoms with Gasteiger partial charge in [0.25, 0.3) is 0 Å². The minimum atomic E-state index is 0.316. The highest BCUT2D eigenvalue weighted by Gasteiger charge is 2.42. The molecule has 2 aliphatic heterocycles. The third-order valence-corrected chi connectivity index (χ3v) is 5.65. The van der Waals surface area contributed by atoms with E-state index in [0.29, 0.717) is 12.0 Å². The molecule has 154 valence electrons. The fourth-order valence-electron chi connectivity index (χ4n) is 4.18. The zero-order valence-electron chi connectivity index (χ0n) is 17.4. The number of rotatable bonds is 7. The van der Waals surface area contributed by atoms with Gasteiger partial charge in [-0.2, -0.15) is 0 Å².